The number of carbonyl (C=O) groups is 1. The van der Waals surface area contributed by atoms with E-state index in [2.05, 4.69) is 28.8 Å². The van der Waals surface area contributed by atoms with Crippen LogP contribution in [-0.4, -0.2) is 51.8 Å². The van der Waals surface area contributed by atoms with Crippen LogP contribution >= 0.6 is 23.7 Å². The first-order chi connectivity index (χ1) is 13.5. The molecule has 3 aromatic rings. The highest BCUT2D eigenvalue weighted by Gasteiger charge is 2.24. The zero-order chi connectivity index (χ0) is 20.3. The van der Waals surface area contributed by atoms with Crippen LogP contribution in [0, 0.1) is 11.6 Å². The lowest BCUT2D eigenvalue weighted by atomic mass is 10.3. The maximum Gasteiger partial charge on any atom is 0.280 e. The minimum absolute atomic E-state index is 0. The van der Waals surface area contributed by atoms with Crippen molar-refractivity contribution in [1.82, 2.24) is 19.7 Å². The lowest BCUT2D eigenvalue weighted by Crippen LogP contribution is -2.39. The Kier molecular flexibility index (Phi) is 8.06. The highest BCUT2D eigenvalue weighted by Crippen LogP contribution is 2.31. The van der Waals surface area contributed by atoms with Crippen LogP contribution in [0.3, 0.4) is 0 Å². The SMILES string of the molecule is CCN(CC)CCN(C(=O)c1ccn(CC)n1)c1nc2c(F)cc(F)cc2s1.Cl. The van der Waals surface area contributed by atoms with Crippen molar-refractivity contribution in [3.05, 3.63) is 41.7 Å². The van der Waals surface area contributed by atoms with E-state index < -0.39 is 11.6 Å². The Hall–Kier alpha value is -2.10. The van der Waals surface area contributed by atoms with Crippen molar-refractivity contribution in [2.45, 2.75) is 27.3 Å². The molecule has 2 heterocycles. The van der Waals surface area contributed by atoms with Gasteiger partial charge in [-0.25, -0.2) is 13.8 Å². The highest BCUT2D eigenvalue weighted by atomic mass is 35.5. The predicted octanol–water partition coefficient (Wildman–Crippen LogP) is 4.20. The Morgan fingerprint density at radius 3 is 2.52 bits per heavy atom. The minimum atomic E-state index is -0.732. The second-order valence-electron chi connectivity index (χ2n) is 6.27. The van der Waals surface area contributed by atoms with E-state index in [1.54, 1.807) is 16.9 Å². The van der Waals surface area contributed by atoms with E-state index in [0.29, 0.717) is 35.2 Å². The van der Waals surface area contributed by atoms with Gasteiger partial charge in [-0.1, -0.05) is 25.2 Å². The number of nitrogens with zero attached hydrogens (tertiary/aromatic N) is 5. The second-order valence-corrected chi connectivity index (χ2v) is 7.28. The van der Waals surface area contributed by atoms with Crippen molar-refractivity contribution in [1.29, 1.82) is 0 Å². The fourth-order valence-electron chi connectivity index (χ4n) is 2.92. The molecule has 1 aromatic carbocycles. The molecule has 0 atom stereocenters. The third-order valence-electron chi connectivity index (χ3n) is 4.60. The molecule has 0 N–H and O–H groups in total. The van der Waals surface area contributed by atoms with E-state index in [1.165, 1.54) is 11.0 Å². The summed E-state index contributed by atoms with van der Waals surface area (Å²) in [4.78, 5) is 21.1. The van der Waals surface area contributed by atoms with Crippen molar-refractivity contribution in [2.75, 3.05) is 31.1 Å². The predicted molar refractivity (Wildman–Crippen MR) is 114 cm³/mol. The average molecular weight is 444 g/mol. The molecule has 6 nitrogen and oxygen atoms in total. The van der Waals surface area contributed by atoms with Gasteiger partial charge in [0, 0.05) is 31.9 Å². The van der Waals surface area contributed by atoms with Crippen LogP contribution < -0.4 is 4.90 Å². The molecule has 3 rings (SSSR count). The van der Waals surface area contributed by atoms with Gasteiger partial charge in [0.05, 0.1) is 4.70 Å². The van der Waals surface area contributed by atoms with Gasteiger partial charge in [-0.15, -0.1) is 12.4 Å². The van der Waals surface area contributed by atoms with Crippen LogP contribution in [0.5, 0.6) is 0 Å². The monoisotopic (exact) mass is 443 g/mol. The zero-order valence-corrected chi connectivity index (χ0v) is 18.2. The standard InChI is InChI=1S/C19H23F2N5OS.ClH/c1-4-24(5-2)9-10-26(18(27)15-7-8-25(6-3)23-15)19-22-17-14(21)11-13(20)12-16(17)28-19;/h7-8,11-12H,4-6,9-10H2,1-3H3;1H. The Bertz CT molecular complexity index is 973. The third-order valence-corrected chi connectivity index (χ3v) is 5.62. The van der Waals surface area contributed by atoms with Crippen LogP contribution in [0.25, 0.3) is 10.2 Å². The molecule has 0 aliphatic carbocycles. The maximum absolute atomic E-state index is 14.1. The second kappa shape index (κ2) is 10.1. The molecule has 0 unspecified atom stereocenters. The van der Waals surface area contributed by atoms with E-state index in [1.807, 2.05) is 6.92 Å². The molecular weight excluding hydrogens is 420 g/mol. The molecule has 0 saturated carbocycles. The first-order valence-corrected chi connectivity index (χ1v) is 10.1. The molecule has 0 fully saturated rings. The summed E-state index contributed by atoms with van der Waals surface area (Å²) in [6.07, 6.45) is 1.74. The van der Waals surface area contributed by atoms with E-state index in [9.17, 15) is 13.6 Å². The van der Waals surface area contributed by atoms with Gasteiger partial charge in [0.1, 0.15) is 11.3 Å². The van der Waals surface area contributed by atoms with Crippen LogP contribution in [0.4, 0.5) is 13.9 Å². The first-order valence-electron chi connectivity index (χ1n) is 9.30. The number of aryl methyl sites for hydroxylation is 1. The number of hydrogen-bond acceptors (Lipinski definition) is 5. The van der Waals surface area contributed by atoms with Crippen molar-refractivity contribution in [3.63, 3.8) is 0 Å². The molecule has 0 saturated heterocycles. The largest absolute Gasteiger partial charge is 0.302 e. The van der Waals surface area contributed by atoms with Crippen molar-refractivity contribution < 1.29 is 13.6 Å². The molecule has 0 spiro atoms. The molecule has 0 aliphatic heterocycles. The smallest absolute Gasteiger partial charge is 0.280 e. The number of halogens is 3. The van der Waals surface area contributed by atoms with Crippen molar-refractivity contribution >= 4 is 45.0 Å². The van der Waals surface area contributed by atoms with Crippen molar-refractivity contribution in [3.8, 4) is 0 Å². The van der Waals surface area contributed by atoms with Crippen molar-refractivity contribution in [2.24, 2.45) is 0 Å². The topological polar surface area (TPSA) is 54.3 Å². The third kappa shape index (κ3) is 5.09. The number of likely N-dealkylation sites (N-methyl/N-ethyl adjacent to an activating group) is 1. The Balaban J connectivity index is 0.00000300. The Labute approximate surface area is 178 Å². The summed E-state index contributed by atoms with van der Waals surface area (Å²) in [6, 6.07) is 3.69. The summed E-state index contributed by atoms with van der Waals surface area (Å²) in [5.74, 6) is -1.70. The van der Waals surface area contributed by atoms with Crippen LogP contribution in [0.15, 0.2) is 24.4 Å². The van der Waals surface area contributed by atoms with Gasteiger partial charge in [-0.2, -0.15) is 5.10 Å². The number of hydrogen-bond donors (Lipinski definition) is 0. The number of rotatable bonds is 8. The Morgan fingerprint density at radius 2 is 1.90 bits per heavy atom. The van der Waals surface area contributed by atoms with Gasteiger partial charge in [0.15, 0.2) is 16.6 Å². The first kappa shape index (κ1) is 23.2. The summed E-state index contributed by atoms with van der Waals surface area (Å²) >= 11 is 1.10. The van der Waals surface area contributed by atoms with Crippen LogP contribution in [0.1, 0.15) is 31.3 Å². The number of benzene rings is 1. The van der Waals surface area contributed by atoms with Gasteiger partial charge in [-0.3, -0.25) is 14.4 Å². The van der Waals surface area contributed by atoms with Crippen LogP contribution in [0.2, 0.25) is 0 Å². The van der Waals surface area contributed by atoms with Crippen LogP contribution in [-0.2, 0) is 6.54 Å². The number of anilines is 1. The quantitative estimate of drug-likeness (QED) is 0.523. The van der Waals surface area contributed by atoms with E-state index in [-0.39, 0.29) is 23.8 Å². The molecule has 0 aliphatic rings. The van der Waals surface area contributed by atoms with Gasteiger partial charge in [-0.05, 0) is 32.1 Å². The normalized spacial score (nSPS) is 11.1. The fraction of sp³-hybridized carbons (Fsp3) is 0.421. The molecule has 0 bridgehead atoms. The molecule has 29 heavy (non-hydrogen) atoms. The fourth-order valence-corrected chi connectivity index (χ4v) is 3.95. The summed E-state index contributed by atoms with van der Waals surface area (Å²) in [6.45, 7) is 9.40. The highest BCUT2D eigenvalue weighted by molar-refractivity contribution is 7.22. The molecule has 2 aromatic heterocycles. The average Bonchev–Trinajstić information content (AvgIpc) is 3.32. The number of aromatic nitrogens is 3. The minimum Gasteiger partial charge on any atom is -0.302 e. The maximum atomic E-state index is 14.1. The molecule has 1 amide bonds. The van der Waals surface area contributed by atoms with Gasteiger partial charge in [0.25, 0.3) is 5.91 Å². The van der Waals surface area contributed by atoms with Gasteiger partial charge < -0.3 is 4.90 Å². The zero-order valence-electron chi connectivity index (χ0n) is 16.6. The molecule has 0 radical (unpaired) electrons. The number of carbonyl (C=O) groups excluding carboxylic acids is 1. The number of amides is 1. The summed E-state index contributed by atoms with van der Waals surface area (Å²) in [5, 5.41) is 4.62. The molecular formula is C19H24ClF2N5OS. The number of thiazole rings is 1. The van der Waals surface area contributed by atoms with E-state index in [0.717, 1.165) is 30.5 Å². The lowest BCUT2D eigenvalue weighted by molar-refractivity contribution is 0.0978. The Morgan fingerprint density at radius 1 is 1.17 bits per heavy atom. The van der Waals surface area contributed by atoms with Gasteiger partial charge in [0.2, 0.25) is 0 Å². The van der Waals surface area contributed by atoms with E-state index >= 15 is 0 Å². The summed E-state index contributed by atoms with van der Waals surface area (Å²) in [5.41, 5.74) is 0.369. The molecule has 158 valence electrons. The van der Waals surface area contributed by atoms with E-state index in [4.69, 9.17) is 0 Å². The van der Waals surface area contributed by atoms with Gasteiger partial charge >= 0.3 is 0 Å². The molecule has 10 heteroatoms. The summed E-state index contributed by atoms with van der Waals surface area (Å²) < 4.78 is 29.7. The number of fused-ring (bicyclic) bond motifs is 1. The lowest BCUT2D eigenvalue weighted by Gasteiger charge is -2.24. The summed E-state index contributed by atoms with van der Waals surface area (Å²) in [7, 11) is 0.